The van der Waals surface area contributed by atoms with Crippen LogP contribution in [-0.4, -0.2) is 21.1 Å². The number of furan rings is 1. The summed E-state index contributed by atoms with van der Waals surface area (Å²) in [5.41, 5.74) is 4.76. The van der Waals surface area contributed by atoms with Gasteiger partial charge in [-0.05, 0) is 50.3 Å². The minimum atomic E-state index is -0.386. The van der Waals surface area contributed by atoms with Crippen molar-refractivity contribution in [3.05, 3.63) is 64.5 Å². The lowest BCUT2D eigenvalue weighted by atomic mass is 10.1. The van der Waals surface area contributed by atoms with E-state index < -0.39 is 0 Å². The van der Waals surface area contributed by atoms with Gasteiger partial charge in [0.1, 0.15) is 5.76 Å². The molecule has 1 aromatic heterocycles. The number of carbonyl (C=O) groups excluding carboxylic acids is 2. The molecule has 3 rings (SSSR count). The Balaban J connectivity index is 1.81. The molecule has 1 N–H and O–H groups in total. The number of carbonyl (C=O) groups is 2. The molecule has 122 valence electrons. The first-order chi connectivity index (χ1) is 11.5. The summed E-state index contributed by atoms with van der Waals surface area (Å²) in [7, 11) is 0. The lowest BCUT2D eigenvalue weighted by molar-refractivity contribution is -0.123. The number of hydrazine groups is 1. The second kappa shape index (κ2) is 6.62. The number of benzene rings is 1. The van der Waals surface area contributed by atoms with Crippen LogP contribution in [0.2, 0.25) is 0 Å². The van der Waals surface area contributed by atoms with Gasteiger partial charge in [0.15, 0.2) is 4.32 Å². The van der Waals surface area contributed by atoms with Crippen LogP contribution in [-0.2, 0) is 4.79 Å². The Kier molecular flexibility index (Phi) is 4.55. The third-order valence-corrected chi connectivity index (χ3v) is 5.00. The number of thioether (sulfide) groups is 1. The van der Waals surface area contributed by atoms with Crippen LogP contribution in [0.4, 0.5) is 0 Å². The molecule has 2 heterocycles. The van der Waals surface area contributed by atoms with Crippen molar-refractivity contribution in [1.29, 1.82) is 0 Å². The Morgan fingerprint density at radius 1 is 1.25 bits per heavy atom. The van der Waals surface area contributed by atoms with Crippen molar-refractivity contribution in [2.45, 2.75) is 13.8 Å². The summed E-state index contributed by atoms with van der Waals surface area (Å²) in [4.78, 5) is 25.3. The number of allylic oxidation sites excluding steroid dienone is 1. The molecule has 1 saturated heterocycles. The zero-order chi connectivity index (χ0) is 17.3. The zero-order valence-corrected chi connectivity index (χ0v) is 14.7. The van der Waals surface area contributed by atoms with Crippen molar-refractivity contribution in [2.24, 2.45) is 0 Å². The molecule has 1 aliphatic rings. The van der Waals surface area contributed by atoms with E-state index in [1.165, 1.54) is 0 Å². The molecular formula is C17H14N2O3S2. The fraction of sp³-hybridized carbons (Fsp3) is 0.118. The highest BCUT2D eigenvalue weighted by Crippen LogP contribution is 2.35. The summed E-state index contributed by atoms with van der Waals surface area (Å²) in [6.45, 7) is 3.72. The molecule has 0 radical (unpaired) electrons. The molecule has 0 atom stereocenters. The minimum absolute atomic E-state index is 0.279. The van der Waals surface area contributed by atoms with Crippen molar-refractivity contribution in [1.82, 2.24) is 10.4 Å². The first-order valence-electron chi connectivity index (χ1n) is 7.16. The lowest BCUT2D eigenvalue weighted by Crippen LogP contribution is -2.44. The molecule has 1 fully saturated rings. The lowest BCUT2D eigenvalue weighted by Gasteiger charge is -2.15. The van der Waals surface area contributed by atoms with E-state index in [9.17, 15) is 9.59 Å². The van der Waals surface area contributed by atoms with E-state index in [0.29, 0.717) is 21.8 Å². The van der Waals surface area contributed by atoms with E-state index in [1.807, 2.05) is 19.1 Å². The largest absolute Gasteiger partial charge is 0.465 e. The van der Waals surface area contributed by atoms with Crippen molar-refractivity contribution >= 4 is 45.7 Å². The van der Waals surface area contributed by atoms with Crippen LogP contribution in [0, 0.1) is 6.92 Å². The maximum atomic E-state index is 12.6. The smallest absolute Gasteiger partial charge is 0.285 e. The van der Waals surface area contributed by atoms with Gasteiger partial charge in [-0.2, -0.15) is 5.01 Å². The number of hydrogen-bond donors (Lipinski definition) is 1. The molecule has 0 aliphatic carbocycles. The normalized spacial score (nSPS) is 16.5. The van der Waals surface area contributed by atoms with Crippen LogP contribution in [0.1, 0.15) is 28.6 Å². The van der Waals surface area contributed by atoms with Crippen molar-refractivity contribution < 1.29 is 14.0 Å². The zero-order valence-electron chi connectivity index (χ0n) is 13.0. The minimum Gasteiger partial charge on any atom is -0.465 e. The summed E-state index contributed by atoms with van der Waals surface area (Å²) < 4.78 is 5.59. The highest BCUT2D eigenvalue weighted by Gasteiger charge is 2.35. The van der Waals surface area contributed by atoms with Gasteiger partial charge in [0.25, 0.3) is 11.8 Å². The van der Waals surface area contributed by atoms with Gasteiger partial charge >= 0.3 is 0 Å². The van der Waals surface area contributed by atoms with E-state index in [1.54, 1.807) is 37.5 Å². The Hall–Kier alpha value is -2.38. The Morgan fingerprint density at radius 2 is 1.96 bits per heavy atom. The number of thiocarbonyl (C=S) groups is 1. The standard InChI is InChI=1S/C17H14N2O3S2/c1-10-5-7-12(8-6-10)15(20)18-19-16(21)14(24-17(19)23)11(2)13-4-3-9-22-13/h3-9H,1-2H3,(H,18,20). The predicted octanol–water partition coefficient (Wildman–Crippen LogP) is 3.52. The van der Waals surface area contributed by atoms with Crippen LogP contribution in [0.15, 0.2) is 52.0 Å². The van der Waals surface area contributed by atoms with Gasteiger partial charge in [-0.15, -0.1) is 0 Å². The number of nitrogens with one attached hydrogen (secondary N) is 1. The Morgan fingerprint density at radius 3 is 2.58 bits per heavy atom. The molecule has 0 bridgehead atoms. The van der Waals surface area contributed by atoms with Crippen LogP contribution >= 0.6 is 24.0 Å². The van der Waals surface area contributed by atoms with E-state index in [2.05, 4.69) is 5.43 Å². The maximum Gasteiger partial charge on any atom is 0.285 e. The molecule has 5 nitrogen and oxygen atoms in total. The predicted molar refractivity (Wildman–Crippen MR) is 97.0 cm³/mol. The molecule has 24 heavy (non-hydrogen) atoms. The van der Waals surface area contributed by atoms with E-state index >= 15 is 0 Å². The van der Waals surface area contributed by atoms with E-state index in [-0.39, 0.29) is 16.1 Å². The molecule has 0 spiro atoms. The van der Waals surface area contributed by atoms with Gasteiger partial charge in [-0.25, -0.2) is 0 Å². The fourth-order valence-corrected chi connectivity index (χ4v) is 3.37. The third-order valence-electron chi connectivity index (χ3n) is 3.53. The van der Waals surface area contributed by atoms with Gasteiger partial charge in [-0.1, -0.05) is 29.5 Å². The SMILES string of the molecule is CC(=C1SC(=S)N(NC(=O)c2ccc(C)cc2)C1=O)c1ccco1. The highest BCUT2D eigenvalue weighted by atomic mass is 32.2. The topological polar surface area (TPSA) is 62.6 Å². The van der Waals surface area contributed by atoms with Crippen molar-refractivity contribution in [3.63, 3.8) is 0 Å². The van der Waals surface area contributed by atoms with Crippen LogP contribution in [0.25, 0.3) is 5.57 Å². The summed E-state index contributed by atoms with van der Waals surface area (Å²) >= 11 is 6.36. The van der Waals surface area contributed by atoms with E-state index in [0.717, 1.165) is 22.3 Å². The number of amides is 2. The van der Waals surface area contributed by atoms with Crippen LogP contribution in [0.3, 0.4) is 0 Å². The number of rotatable bonds is 3. The average molecular weight is 358 g/mol. The molecule has 7 heteroatoms. The maximum absolute atomic E-state index is 12.6. The average Bonchev–Trinajstić information content (AvgIpc) is 3.19. The fourth-order valence-electron chi connectivity index (χ4n) is 2.17. The summed E-state index contributed by atoms with van der Waals surface area (Å²) in [6, 6.07) is 10.6. The molecule has 1 aromatic carbocycles. The molecule has 0 saturated carbocycles. The first kappa shape index (κ1) is 16.5. The molecule has 2 aromatic rings. The molecular weight excluding hydrogens is 344 g/mol. The van der Waals surface area contributed by atoms with E-state index in [4.69, 9.17) is 16.6 Å². The van der Waals surface area contributed by atoms with Crippen LogP contribution in [0.5, 0.6) is 0 Å². The number of aryl methyl sites for hydroxylation is 1. The quantitative estimate of drug-likeness (QED) is 0.672. The highest BCUT2D eigenvalue weighted by molar-refractivity contribution is 8.26. The van der Waals surface area contributed by atoms with Crippen LogP contribution < -0.4 is 5.43 Å². The second-order valence-corrected chi connectivity index (χ2v) is 6.89. The summed E-state index contributed by atoms with van der Waals surface area (Å²) in [6.07, 6.45) is 1.54. The Bertz CT molecular complexity index is 839. The molecule has 1 aliphatic heterocycles. The Labute approximate surface area is 148 Å². The monoisotopic (exact) mass is 358 g/mol. The van der Waals surface area contributed by atoms with Gasteiger partial charge < -0.3 is 4.42 Å². The second-order valence-electron chi connectivity index (χ2n) is 5.25. The molecule has 0 unspecified atom stereocenters. The third kappa shape index (κ3) is 3.13. The van der Waals surface area contributed by atoms with Gasteiger partial charge in [0, 0.05) is 11.1 Å². The first-order valence-corrected chi connectivity index (χ1v) is 8.38. The molecule has 2 amide bonds. The number of nitrogens with zero attached hydrogens (tertiary/aromatic N) is 1. The summed E-state index contributed by atoms with van der Waals surface area (Å²) in [5.74, 6) is -0.150. The van der Waals surface area contributed by atoms with Crippen molar-refractivity contribution in [3.8, 4) is 0 Å². The van der Waals surface area contributed by atoms with Crippen molar-refractivity contribution in [2.75, 3.05) is 0 Å². The summed E-state index contributed by atoms with van der Waals surface area (Å²) in [5, 5.41) is 1.10. The van der Waals surface area contributed by atoms with Gasteiger partial charge in [-0.3, -0.25) is 15.0 Å². The van der Waals surface area contributed by atoms with Gasteiger partial charge in [0.05, 0.1) is 11.2 Å². The van der Waals surface area contributed by atoms with Gasteiger partial charge in [0.2, 0.25) is 0 Å². The number of hydrogen-bond acceptors (Lipinski definition) is 5.